The SMILES string of the molecule is CC1(C)[C@H]2CC[C@]1(CS(=O)(=O)NC1CCCCC1NS(=O)(=O)C[C@]13CC[C@@H](C[C@@H]1O)C3(C)C)[C@@H](O)C2. The molecule has 5 aliphatic carbocycles. The van der Waals surface area contributed by atoms with E-state index in [0.29, 0.717) is 50.4 Å². The molecule has 8 nitrogen and oxygen atoms in total. The highest BCUT2D eigenvalue weighted by Gasteiger charge is 2.66. The van der Waals surface area contributed by atoms with Gasteiger partial charge in [0, 0.05) is 22.9 Å². The summed E-state index contributed by atoms with van der Waals surface area (Å²) in [6.07, 6.45) is 6.17. The summed E-state index contributed by atoms with van der Waals surface area (Å²) in [5.41, 5.74) is -1.81. The van der Waals surface area contributed by atoms with Gasteiger partial charge in [-0.3, -0.25) is 0 Å². The molecule has 0 heterocycles. The van der Waals surface area contributed by atoms with E-state index in [2.05, 4.69) is 37.1 Å². The van der Waals surface area contributed by atoms with Crippen molar-refractivity contribution in [3.63, 3.8) is 0 Å². The zero-order valence-corrected chi connectivity index (χ0v) is 23.9. The van der Waals surface area contributed by atoms with Gasteiger partial charge in [0.05, 0.1) is 23.7 Å². The number of fused-ring (bicyclic) bond motifs is 4. The molecule has 0 radical (unpaired) electrons. The van der Waals surface area contributed by atoms with E-state index in [1.165, 1.54) is 0 Å². The van der Waals surface area contributed by atoms with E-state index in [1.807, 2.05) is 0 Å². The van der Waals surface area contributed by atoms with Gasteiger partial charge in [-0.05, 0) is 74.0 Å². The normalized spacial score (nSPS) is 45.4. The summed E-state index contributed by atoms with van der Waals surface area (Å²) in [6, 6.07) is -1.02. The van der Waals surface area contributed by atoms with E-state index >= 15 is 0 Å². The lowest BCUT2D eigenvalue weighted by Gasteiger charge is -2.42. The van der Waals surface area contributed by atoms with E-state index in [-0.39, 0.29) is 22.3 Å². The smallest absolute Gasteiger partial charge is 0.212 e. The van der Waals surface area contributed by atoms with E-state index < -0.39 is 55.2 Å². The molecule has 0 aromatic heterocycles. The van der Waals surface area contributed by atoms with Crippen molar-refractivity contribution >= 4 is 20.0 Å². The predicted octanol–water partition coefficient (Wildman–Crippen LogP) is 2.51. The molecule has 5 saturated carbocycles. The highest BCUT2D eigenvalue weighted by molar-refractivity contribution is 7.89. The summed E-state index contributed by atoms with van der Waals surface area (Å²) in [7, 11) is -7.49. The maximum Gasteiger partial charge on any atom is 0.212 e. The number of nitrogens with one attached hydrogen (secondary N) is 2. The van der Waals surface area contributed by atoms with Gasteiger partial charge in [-0.15, -0.1) is 0 Å². The summed E-state index contributed by atoms with van der Waals surface area (Å²) in [5.74, 6) is 0.431. The second kappa shape index (κ2) is 8.62. The summed E-state index contributed by atoms with van der Waals surface area (Å²) < 4.78 is 59.6. The fourth-order valence-electron chi connectivity index (χ4n) is 9.39. The van der Waals surface area contributed by atoms with Crippen molar-refractivity contribution in [2.24, 2.45) is 33.5 Å². The van der Waals surface area contributed by atoms with Crippen LogP contribution in [0.4, 0.5) is 0 Å². The zero-order valence-electron chi connectivity index (χ0n) is 22.3. The summed E-state index contributed by atoms with van der Waals surface area (Å²) in [4.78, 5) is 0. The van der Waals surface area contributed by atoms with Crippen LogP contribution in [0.2, 0.25) is 0 Å². The second-order valence-electron chi connectivity index (χ2n) is 14.0. The summed E-state index contributed by atoms with van der Waals surface area (Å²) in [5, 5.41) is 21.7. The number of rotatable bonds is 8. The van der Waals surface area contributed by atoms with Crippen molar-refractivity contribution in [3.05, 3.63) is 0 Å². The fourth-order valence-corrected chi connectivity index (χ4v) is 13.8. The number of hydrogen-bond acceptors (Lipinski definition) is 6. The van der Waals surface area contributed by atoms with Crippen molar-refractivity contribution < 1.29 is 27.0 Å². The zero-order chi connectivity index (χ0) is 26.4. The molecule has 8 atom stereocenters. The fraction of sp³-hybridized carbons (Fsp3) is 1.00. The highest BCUT2D eigenvalue weighted by Crippen LogP contribution is 2.67. The van der Waals surface area contributed by atoms with Gasteiger partial charge < -0.3 is 10.2 Å². The first-order valence-corrected chi connectivity index (χ1v) is 17.2. The van der Waals surface area contributed by atoms with Gasteiger partial charge in [0.1, 0.15) is 0 Å². The molecule has 4 N–H and O–H groups in total. The maximum atomic E-state index is 13.5. The first-order valence-electron chi connectivity index (χ1n) is 13.9. The maximum absolute atomic E-state index is 13.5. The molecule has 10 heteroatoms. The van der Waals surface area contributed by atoms with Gasteiger partial charge in [0.2, 0.25) is 20.0 Å². The van der Waals surface area contributed by atoms with Crippen LogP contribution in [-0.2, 0) is 20.0 Å². The Morgan fingerprint density at radius 2 is 1.03 bits per heavy atom. The largest absolute Gasteiger partial charge is 0.392 e. The monoisotopic (exact) mass is 546 g/mol. The molecule has 208 valence electrons. The second-order valence-corrected chi connectivity index (χ2v) is 17.5. The van der Waals surface area contributed by atoms with Gasteiger partial charge >= 0.3 is 0 Å². The molecule has 2 unspecified atom stereocenters. The molecule has 0 spiro atoms. The summed E-state index contributed by atoms with van der Waals surface area (Å²) in [6.45, 7) is 8.33. The van der Waals surface area contributed by atoms with E-state index in [4.69, 9.17) is 0 Å². The Balaban J connectivity index is 1.30. The van der Waals surface area contributed by atoms with Gasteiger partial charge in [0.25, 0.3) is 0 Å². The van der Waals surface area contributed by atoms with Gasteiger partial charge in [-0.2, -0.15) is 0 Å². The van der Waals surface area contributed by atoms with Gasteiger partial charge in [0.15, 0.2) is 0 Å². The lowest BCUT2D eigenvalue weighted by Crippen LogP contribution is -2.57. The van der Waals surface area contributed by atoms with Crippen LogP contribution in [0.1, 0.15) is 91.9 Å². The van der Waals surface area contributed by atoms with E-state index in [1.54, 1.807) is 0 Å². The number of aliphatic hydroxyl groups is 2. The molecule has 0 amide bonds. The molecule has 5 fully saturated rings. The van der Waals surface area contributed by atoms with Crippen LogP contribution >= 0.6 is 0 Å². The summed E-state index contributed by atoms with van der Waals surface area (Å²) >= 11 is 0. The average molecular weight is 547 g/mol. The molecule has 4 bridgehead atoms. The Hall–Kier alpha value is -0.260. The van der Waals surface area contributed by atoms with Crippen LogP contribution < -0.4 is 9.44 Å². The molecule has 0 aliphatic heterocycles. The Kier molecular flexibility index (Phi) is 6.54. The van der Waals surface area contributed by atoms with Gasteiger partial charge in [-0.25, -0.2) is 26.3 Å². The molecule has 0 aromatic rings. The third kappa shape index (κ3) is 4.03. The number of hydrogen-bond donors (Lipinski definition) is 4. The molecular formula is C26H46N2O6S2. The van der Waals surface area contributed by atoms with Crippen LogP contribution in [-0.4, -0.2) is 62.8 Å². The van der Waals surface area contributed by atoms with Crippen LogP contribution in [0.5, 0.6) is 0 Å². The first kappa shape index (κ1) is 27.3. The minimum Gasteiger partial charge on any atom is -0.392 e. The van der Waals surface area contributed by atoms with Crippen molar-refractivity contribution in [1.82, 2.24) is 9.44 Å². The Morgan fingerprint density at radius 1 is 0.667 bits per heavy atom. The molecule has 0 saturated heterocycles. The third-order valence-corrected chi connectivity index (χ3v) is 15.2. The minimum absolute atomic E-state index is 0.120. The molecule has 36 heavy (non-hydrogen) atoms. The van der Waals surface area contributed by atoms with Crippen molar-refractivity contribution in [3.8, 4) is 0 Å². The quantitative estimate of drug-likeness (QED) is 0.370. The predicted molar refractivity (Wildman–Crippen MR) is 139 cm³/mol. The van der Waals surface area contributed by atoms with Crippen LogP contribution in [0.3, 0.4) is 0 Å². The van der Waals surface area contributed by atoms with E-state index in [9.17, 15) is 27.0 Å². The van der Waals surface area contributed by atoms with Crippen LogP contribution in [0.15, 0.2) is 0 Å². The Labute approximate surface area is 217 Å². The third-order valence-electron chi connectivity index (χ3n) is 12.1. The topological polar surface area (TPSA) is 133 Å². The van der Waals surface area contributed by atoms with Crippen LogP contribution in [0.25, 0.3) is 0 Å². The minimum atomic E-state index is -3.75. The van der Waals surface area contributed by atoms with Crippen molar-refractivity contribution in [2.45, 2.75) is 116 Å². The van der Waals surface area contributed by atoms with Crippen molar-refractivity contribution in [2.75, 3.05) is 11.5 Å². The standard InChI is InChI=1S/C26H46N2O6S2/c1-23(2)17-9-11-25(23,21(29)13-17)15-35(31,32)27-19-7-5-6-8-20(19)28-36(33,34)16-26-12-10-18(14-22(26)30)24(26,3)4/h17-22,27-30H,5-16H2,1-4H3/t17-,18-,19?,20?,21-,22-,25-,26+/m0/s1. The van der Waals surface area contributed by atoms with Crippen LogP contribution in [0, 0.1) is 33.5 Å². The number of aliphatic hydroxyl groups excluding tert-OH is 2. The molecule has 5 aliphatic rings. The average Bonchev–Trinajstić information content (AvgIpc) is 3.27. The number of sulfonamides is 2. The Bertz CT molecular complexity index is 1000. The highest BCUT2D eigenvalue weighted by atomic mass is 32.2. The first-order chi connectivity index (χ1) is 16.6. The lowest BCUT2D eigenvalue weighted by molar-refractivity contribution is 0.0148. The molecule has 0 aromatic carbocycles. The molecule has 5 rings (SSSR count). The lowest BCUT2D eigenvalue weighted by atomic mass is 9.70. The Morgan fingerprint density at radius 3 is 1.31 bits per heavy atom. The molecular weight excluding hydrogens is 500 g/mol. The van der Waals surface area contributed by atoms with Gasteiger partial charge in [-0.1, -0.05) is 40.5 Å². The van der Waals surface area contributed by atoms with Crippen molar-refractivity contribution in [1.29, 1.82) is 0 Å². The van der Waals surface area contributed by atoms with E-state index in [0.717, 1.165) is 25.7 Å².